The number of amides is 1. The molecule has 1 saturated carbocycles. The molecule has 1 aromatic heterocycles. The maximum Gasteiger partial charge on any atom is 0.261 e. The SMILES string of the molecule is COc1ccccc1C(=O)Nc1nnc(C2CCC2)s1. The molecule has 1 amide bonds. The first-order valence-electron chi connectivity index (χ1n) is 6.55. The van der Waals surface area contributed by atoms with Gasteiger partial charge in [-0.25, -0.2) is 0 Å². The molecule has 0 atom stereocenters. The molecule has 0 bridgehead atoms. The van der Waals surface area contributed by atoms with Crippen molar-refractivity contribution >= 4 is 22.4 Å². The number of aromatic nitrogens is 2. The molecule has 20 heavy (non-hydrogen) atoms. The van der Waals surface area contributed by atoms with Crippen LogP contribution in [-0.2, 0) is 0 Å². The molecule has 2 aromatic rings. The summed E-state index contributed by atoms with van der Waals surface area (Å²) < 4.78 is 5.18. The van der Waals surface area contributed by atoms with Crippen LogP contribution >= 0.6 is 11.3 Å². The van der Waals surface area contributed by atoms with Crippen molar-refractivity contribution in [2.75, 3.05) is 12.4 Å². The fourth-order valence-corrected chi connectivity index (χ4v) is 3.01. The number of ether oxygens (including phenoxy) is 1. The summed E-state index contributed by atoms with van der Waals surface area (Å²) in [4.78, 5) is 12.2. The van der Waals surface area contributed by atoms with Gasteiger partial charge in [-0.15, -0.1) is 10.2 Å². The number of carbonyl (C=O) groups excluding carboxylic acids is 1. The zero-order valence-electron chi connectivity index (χ0n) is 11.1. The van der Waals surface area contributed by atoms with Gasteiger partial charge in [0.05, 0.1) is 12.7 Å². The fourth-order valence-electron chi connectivity index (χ4n) is 2.10. The van der Waals surface area contributed by atoms with Crippen molar-refractivity contribution < 1.29 is 9.53 Å². The van der Waals surface area contributed by atoms with Crippen LogP contribution in [-0.4, -0.2) is 23.2 Å². The Balaban J connectivity index is 1.73. The number of anilines is 1. The predicted octanol–water partition coefficient (Wildman–Crippen LogP) is 3.07. The molecule has 1 aliphatic carbocycles. The zero-order chi connectivity index (χ0) is 13.9. The van der Waals surface area contributed by atoms with Crippen molar-refractivity contribution in [1.82, 2.24) is 10.2 Å². The minimum Gasteiger partial charge on any atom is -0.496 e. The summed E-state index contributed by atoms with van der Waals surface area (Å²) in [5.41, 5.74) is 0.496. The van der Waals surface area contributed by atoms with Crippen molar-refractivity contribution in [3.8, 4) is 5.75 Å². The first-order valence-corrected chi connectivity index (χ1v) is 7.37. The van der Waals surface area contributed by atoms with Crippen LogP contribution in [0.4, 0.5) is 5.13 Å². The molecule has 0 aliphatic heterocycles. The quantitative estimate of drug-likeness (QED) is 0.939. The van der Waals surface area contributed by atoms with Crippen molar-refractivity contribution in [2.45, 2.75) is 25.2 Å². The molecule has 0 radical (unpaired) electrons. The Labute approximate surface area is 121 Å². The maximum atomic E-state index is 12.2. The number of para-hydroxylation sites is 1. The van der Waals surface area contributed by atoms with E-state index in [1.807, 2.05) is 6.07 Å². The van der Waals surface area contributed by atoms with Crippen molar-refractivity contribution in [3.63, 3.8) is 0 Å². The largest absolute Gasteiger partial charge is 0.496 e. The minimum absolute atomic E-state index is 0.223. The van der Waals surface area contributed by atoms with Gasteiger partial charge in [-0.1, -0.05) is 29.9 Å². The second-order valence-electron chi connectivity index (χ2n) is 4.73. The number of rotatable bonds is 4. The molecular formula is C14H15N3O2S. The monoisotopic (exact) mass is 289 g/mol. The molecule has 6 heteroatoms. The van der Waals surface area contributed by atoms with Gasteiger partial charge in [-0.2, -0.15) is 0 Å². The lowest BCUT2D eigenvalue weighted by Gasteiger charge is -2.21. The third-order valence-corrected chi connectivity index (χ3v) is 4.47. The number of benzene rings is 1. The number of carbonyl (C=O) groups is 1. The minimum atomic E-state index is -0.223. The fraction of sp³-hybridized carbons (Fsp3) is 0.357. The summed E-state index contributed by atoms with van der Waals surface area (Å²) in [6, 6.07) is 7.11. The predicted molar refractivity (Wildman–Crippen MR) is 77.4 cm³/mol. The van der Waals surface area contributed by atoms with Crippen LogP contribution in [0, 0.1) is 0 Å². The summed E-state index contributed by atoms with van der Waals surface area (Å²) in [7, 11) is 1.55. The normalized spacial score (nSPS) is 14.7. The van der Waals surface area contributed by atoms with Crippen LogP contribution in [0.2, 0.25) is 0 Å². The van der Waals surface area contributed by atoms with E-state index in [0.29, 0.717) is 22.4 Å². The Bertz CT molecular complexity index is 622. The molecule has 104 valence electrons. The van der Waals surface area contributed by atoms with Gasteiger partial charge in [-0.05, 0) is 25.0 Å². The molecule has 1 fully saturated rings. The van der Waals surface area contributed by atoms with Gasteiger partial charge in [0.25, 0.3) is 5.91 Å². The summed E-state index contributed by atoms with van der Waals surface area (Å²) in [6.45, 7) is 0. The number of hydrogen-bond acceptors (Lipinski definition) is 5. The summed E-state index contributed by atoms with van der Waals surface area (Å²) >= 11 is 1.46. The number of nitrogens with one attached hydrogen (secondary N) is 1. The third-order valence-electron chi connectivity index (χ3n) is 3.47. The number of hydrogen-bond donors (Lipinski definition) is 1. The van der Waals surface area contributed by atoms with Crippen molar-refractivity contribution in [1.29, 1.82) is 0 Å². The lowest BCUT2D eigenvalue weighted by molar-refractivity contribution is 0.102. The van der Waals surface area contributed by atoms with E-state index in [2.05, 4.69) is 15.5 Å². The van der Waals surface area contributed by atoms with Gasteiger partial charge in [0.2, 0.25) is 5.13 Å². The van der Waals surface area contributed by atoms with Crippen molar-refractivity contribution in [2.24, 2.45) is 0 Å². The van der Waals surface area contributed by atoms with Crippen LogP contribution in [0.1, 0.15) is 40.5 Å². The molecule has 1 aromatic carbocycles. The molecule has 3 rings (SSSR count). The van der Waals surface area contributed by atoms with Gasteiger partial charge in [0, 0.05) is 5.92 Å². The average Bonchev–Trinajstić information content (AvgIpc) is 2.84. The maximum absolute atomic E-state index is 12.2. The van der Waals surface area contributed by atoms with Gasteiger partial charge in [0.1, 0.15) is 10.8 Å². The summed E-state index contributed by atoms with van der Waals surface area (Å²) in [5.74, 6) is 0.858. The molecule has 0 saturated heterocycles. The molecule has 5 nitrogen and oxygen atoms in total. The van der Waals surface area contributed by atoms with Crippen LogP contribution in [0.5, 0.6) is 5.75 Å². The average molecular weight is 289 g/mol. The second-order valence-corrected chi connectivity index (χ2v) is 5.74. The Kier molecular flexibility index (Phi) is 3.64. The summed E-state index contributed by atoms with van der Waals surface area (Å²) in [5, 5.41) is 12.5. The van der Waals surface area contributed by atoms with E-state index in [1.54, 1.807) is 25.3 Å². The highest BCUT2D eigenvalue weighted by molar-refractivity contribution is 7.15. The van der Waals surface area contributed by atoms with Crippen LogP contribution in [0.25, 0.3) is 0 Å². The third kappa shape index (κ3) is 2.51. The van der Waals surface area contributed by atoms with E-state index in [0.717, 1.165) is 5.01 Å². The van der Waals surface area contributed by atoms with E-state index in [4.69, 9.17) is 4.74 Å². The van der Waals surface area contributed by atoms with E-state index in [-0.39, 0.29) is 5.91 Å². The topological polar surface area (TPSA) is 64.1 Å². The van der Waals surface area contributed by atoms with Gasteiger partial charge >= 0.3 is 0 Å². The molecule has 1 N–H and O–H groups in total. The second kappa shape index (κ2) is 5.58. The lowest BCUT2D eigenvalue weighted by Crippen LogP contribution is -2.12. The highest BCUT2D eigenvalue weighted by Gasteiger charge is 2.24. The Morgan fingerprint density at radius 3 is 2.85 bits per heavy atom. The number of methoxy groups -OCH3 is 1. The van der Waals surface area contributed by atoms with Gasteiger partial charge in [-0.3, -0.25) is 10.1 Å². The highest BCUT2D eigenvalue weighted by Crippen LogP contribution is 2.38. The van der Waals surface area contributed by atoms with Gasteiger partial charge < -0.3 is 4.74 Å². The van der Waals surface area contributed by atoms with E-state index in [1.165, 1.54) is 30.6 Å². The molecule has 1 aliphatic rings. The van der Waals surface area contributed by atoms with E-state index in [9.17, 15) is 4.79 Å². The van der Waals surface area contributed by atoms with Crippen LogP contribution in [0.15, 0.2) is 24.3 Å². The number of nitrogens with zero attached hydrogens (tertiary/aromatic N) is 2. The Morgan fingerprint density at radius 1 is 1.35 bits per heavy atom. The van der Waals surface area contributed by atoms with E-state index < -0.39 is 0 Å². The van der Waals surface area contributed by atoms with Crippen molar-refractivity contribution in [3.05, 3.63) is 34.8 Å². The molecule has 0 spiro atoms. The Hall–Kier alpha value is -1.95. The van der Waals surface area contributed by atoms with Crippen LogP contribution in [0.3, 0.4) is 0 Å². The smallest absolute Gasteiger partial charge is 0.261 e. The van der Waals surface area contributed by atoms with Crippen LogP contribution < -0.4 is 10.1 Å². The lowest BCUT2D eigenvalue weighted by atomic mass is 9.86. The molecule has 1 heterocycles. The summed E-state index contributed by atoms with van der Waals surface area (Å²) in [6.07, 6.45) is 3.61. The molecular weight excluding hydrogens is 274 g/mol. The molecule has 0 unspecified atom stereocenters. The standard InChI is InChI=1S/C14H15N3O2S/c1-19-11-8-3-2-7-10(11)12(18)15-14-17-16-13(20-14)9-5-4-6-9/h2-3,7-9H,4-6H2,1H3,(H,15,17,18). The first kappa shape index (κ1) is 13.1. The highest BCUT2D eigenvalue weighted by atomic mass is 32.1. The van der Waals surface area contributed by atoms with Gasteiger partial charge in [0.15, 0.2) is 0 Å². The van der Waals surface area contributed by atoms with E-state index >= 15 is 0 Å². The zero-order valence-corrected chi connectivity index (χ0v) is 11.9. The Morgan fingerprint density at radius 2 is 2.15 bits per heavy atom. The first-order chi connectivity index (χ1) is 9.78.